The molecule has 0 spiro atoms. The molecular formula is C9H11BrN2O. The Balaban J connectivity index is 2.91. The summed E-state index contributed by atoms with van der Waals surface area (Å²) in [5.74, 6) is 0.949. The van der Waals surface area contributed by atoms with Crippen molar-refractivity contribution in [3.05, 3.63) is 28.2 Å². The van der Waals surface area contributed by atoms with Gasteiger partial charge in [0, 0.05) is 10.9 Å². The van der Waals surface area contributed by atoms with E-state index in [0.29, 0.717) is 6.42 Å². The van der Waals surface area contributed by atoms with E-state index < -0.39 is 0 Å². The molecule has 0 aliphatic heterocycles. The van der Waals surface area contributed by atoms with Crippen molar-refractivity contribution in [2.24, 2.45) is 5.73 Å². The number of nitrogens with one attached hydrogen (secondary N) is 1. The van der Waals surface area contributed by atoms with Crippen LogP contribution in [0.25, 0.3) is 0 Å². The minimum Gasteiger partial charge on any atom is -0.497 e. The lowest BCUT2D eigenvalue weighted by Gasteiger charge is -2.05. The molecule has 1 aromatic rings. The summed E-state index contributed by atoms with van der Waals surface area (Å²) in [4.78, 5) is 0. The van der Waals surface area contributed by atoms with Crippen molar-refractivity contribution < 1.29 is 4.74 Å². The van der Waals surface area contributed by atoms with Crippen LogP contribution in [0.2, 0.25) is 0 Å². The maximum atomic E-state index is 7.15. The zero-order valence-corrected chi connectivity index (χ0v) is 8.89. The standard InChI is InChI=1S/C9H11BrN2O/c1-13-7-3-2-6(4-9(11)12)8(10)5-7/h2-3,5H,4H2,1H3,(H3,11,12). The maximum absolute atomic E-state index is 7.15. The van der Waals surface area contributed by atoms with Crippen molar-refractivity contribution in [1.29, 1.82) is 5.41 Å². The van der Waals surface area contributed by atoms with Gasteiger partial charge in [-0.15, -0.1) is 0 Å². The first kappa shape index (κ1) is 10.1. The van der Waals surface area contributed by atoms with E-state index in [4.69, 9.17) is 15.9 Å². The van der Waals surface area contributed by atoms with Gasteiger partial charge in [0.2, 0.25) is 0 Å². The fourth-order valence-corrected chi connectivity index (χ4v) is 1.50. The normalized spacial score (nSPS) is 9.69. The molecule has 13 heavy (non-hydrogen) atoms. The summed E-state index contributed by atoms with van der Waals surface area (Å²) < 4.78 is 5.96. The summed E-state index contributed by atoms with van der Waals surface area (Å²) in [5.41, 5.74) is 6.29. The number of nitrogens with two attached hydrogens (primary N) is 1. The Morgan fingerprint density at radius 1 is 1.62 bits per heavy atom. The lowest BCUT2D eigenvalue weighted by atomic mass is 10.1. The maximum Gasteiger partial charge on any atom is 0.120 e. The van der Waals surface area contributed by atoms with E-state index >= 15 is 0 Å². The zero-order valence-electron chi connectivity index (χ0n) is 7.30. The molecule has 0 unspecified atom stereocenters. The first-order valence-corrected chi connectivity index (χ1v) is 4.58. The van der Waals surface area contributed by atoms with E-state index in [9.17, 15) is 0 Å². The molecule has 0 atom stereocenters. The summed E-state index contributed by atoms with van der Waals surface area (Å²) in [6.07, 6.45) is 0.463. The number of benzene rings is 1. The Bertz CT molecular complexity index is 325. The van der Waals surface area contributed by atoms with E-state index in [1.165, 1.54) is 0 Å². The Morgan fingerprint density at radius 3 is 2.77 bits per heavy atom. The molecule has 0 heterocycles. The van der Waals surface area contributed by atoms with Crippen molar-refractivity contribution in [3.63, 3.8) is 0 Å². The van der Waals surface area contributed by atoms with Gasteiger partial charge < -0.3 is 10.5 Å². The molecule has 3 nitrogen and oxygen atoms in total. The third-order valence-electron chi connectivity index (χ3n) is 1.64. The summed E-state index contributed by atoms with van der Waals surface area (Å²) in [6, 6.07) is 5.60. The quantitative estimate of drug-likeness (QED) is 0.629. The van der Waals surface area contributed by atoms with Gasteiger partial charge in [-0.25, -0.2) is 0 Å². The first-order chi connectivity index (χ1) is 6.13. The molecule has 0 saturated carbocycles. The van der Waals surface area contributed by atoms with E-state index in [1.807, 2.05) is 18.2 Å². The molecule has 0 saturated heterocycles. The van der Waals surface area contributed by atoms with E-state index in [1.54, 1.807) is 7.11 Å². The molecular weight excluding hydrogens is 232 g/mol. The van der Waals surface area contributed by atoms with Crippen LogP contribution < -0.4 is 10.5 Å². The van der Waals surface area contributed by atoms with Gasteiger partial charge in [-0.1, -0.05) is 22.0 Å². The molecule has 3 N–H and O–H groups in total. The van der Waals surface area contributed by atoms with Crippen LogP contribution in [-0.2, 0) is 6.42 Å². The number of amidine groups is 1. The van der Waals surface area contributed by atoms with Crippen molar-refractivity contribution in [3.8, 4) is 5.75 Å². The summed E-state index contributed by atoms with van der Waals surface area (Å²) in [5, 5.41) is 7.15. The minimum atomic E-state index is 0.158. The van der Waals surface area contributed by atoms with Gasteiger partial charge in [-0.05, 0) is 17.7 Å². The molecule has 0 fully saturated rings. The van der Waals surface area contributed by atoms with Crippen molar-refractivity contribution >= 4 is 21.8 Å². The zero-order chi connectivity index (χ0) is 9.84. The SMILES string of the molecule is COc1ccc(CC(=N)N)c(Br)c1. The van der Waals surface area contributed by atoms with Gasteiger partial charge in [0.05, 0.1) is 12.9 Å². The van der Waals surface area contributed by atoms with Gasteiger partial charge in [0.15, 0.2) is 0 Å². The van der Waals surface area contributed by atoms with Crippen LogP contribution in [-0.4, -0.2) is 12.9 Å². The second-order valence-electron chi connectivity index (χ2n) is 2.66. The molecule has 0 radical (unpaired) electrons. The van der Waals surface area contributed by atoms with Crippen molar-refractivity contribution in [2.45, 2.75) is 6.42 Å². The van der Waals surface area contributed by atoms with Crippen LogP contribution in [0.1, 0.15) is 5.56 Å². The number of methoxy groups -OCH3 is 1. The summed E-state index contributed by atoms with van der Waals surface area (Å²) >= 11 is 3.38. The highest BCUT2D eigenvalue weighted by Crippen LogP contribution is 2.22. The molecule has 70 valence electrons. The predicted octanol–water partition coefficient (Wildman–Crippen LogP) is 1.94. The van der Waals surface area contributed by atoms with Gasteiger partial charge in [-0.2, -0.15) is 0 Å². The number of ether oxygens (including phenoxy) is 1. The molecule has 0 bridgehead atoms. The van der Waals surface area contributed by atoms with Crippen molar-refractivity contribution in [2.75, 3.05) is 7.11 Å². The van der Waals surface area contributed by atoms with Gasteiger partial charge in [0.1, 0.15) is 5.75 Å². The van der Waals surface area contributed by atoms with Crippen LogP contribution >= 0.6 is 15.9 Å². The van der Waals surface area contributed by atoms with E-state index in [-0.39, 0.29) is 5.84 Å². The molecule has 0 amide bonds. The van der Waals surface area contributed by atoms with Gasteiger partial charge >= 0.3 is 0 Å². The number of hydrogen-bond donors (Lipinski definition) is 2. The highest BCUT2D eigenvalue weighted by atomic mass is 79.9. The second kappa shape index (κ2) is 4.28. The summed E-state index contributed by atoms with van der Waals surface area (Å²) in [7, 11) is 1.62. The van der Waals surface area contributed by atoms with Crippen LogP contribution in [0.4, 0.5) is 0 Å². The monoisotopic (exact) mass is 242 g/mol. The fourth-order valence-electron chi connectivity index (χ4n) is 1.00. The second-order valence-corrected chi connectivity index (χ2v) is 3.51. The lowest BCUT2D eigenvalue weighted by Crippen LogP contribution is -2.12. The van der Waals surface area contributed by atoms with E-state index in [0.717, 1.165) is 15.8 Å². The van der Waals surface area contributed by atoms with Gasteiger partial charge in [-0.3, -0.25) is 5.41 Å². The third-order valence-corrected chi connectivity index (χ3v) is 2.38. The molecule has 0 aromatic heterocycles. The Hall–Kier alpha value is -1.03. The van der Waals surface area contributed by atoms with Crippen LogP contribution in [0, 0.1) is 5.41 Å². The third kappa shape index (κ3) is 2.73. The smallest absolute Gasteiger partial charge is 0.120 e. The first-order valence-electron chi connectivity index (χ1n) is 3.79. The average Bonchev–Trinajstić information content (AvgIpc) is 2.08. The topological polar surface area (TPSA) is 59.1 Å². The average molecular weight is 243 g/mol. The highest BCUT2D eigenvalue weighted by molar-refractivity contribution is 9.10. The van der Waals surface area contributed by atoms with Crippen LogP contribution in [0.15, 0.2) is 22.7 Å². The molecule has 1 aromatic carbocycles. The molecule has 4 heteroatoms. The van der Waals surface area contributed by atoms with Gasteiger partial charge in [0.25, 0.3) is 0 Å². The number of halogens is 1. The number of rotatable bonds is 3. The largest absolute Gasteiger partial charge is 0.497 e. The molecule has 0 aliphatic carbocycles. The number of hydrogen-bond acceptors (Lipinski definition) is 2. The Kier molecular flexibility index (Phi) is 3.31. The van der Waals surface area contributed by atoms with Crippen LogP contribution in [0.5, 0.6) is 5.75 Å². The fraction of sp³-hybridized carbons (Fsp3) is 0.222. The summed E-state index contributed by atoms with van der Waals surface area (Å²) in [6.45, 7) is 0. The minimum absolute atomic E-state index is 0.158. The van der Waals surface area contributed by atoms with Crippen molar-refractivity contribution in [1.82, 2.24) is 0 Å². The Labute approximate surface area is 85.5 Å². The molecule has 0 aliphatic rings. The highest BCUT2D eigenvalue weighted by Gasteiger charge is 2.02. The molecule has 1 rings (SSSR count). The van der Waals surface area contributed by atoms with E-state index in [2.05, 4.69) is 15.9 Å². The Morgan fingerprint density at radius 2 is 2.31 bits per heavy atom. The van der Waals surface area contributed by atoms with Crippen LogP contribution in [0.3, 0.4) is 0 Å². The predicted molar refractivity (Wildman–Crippen MR) is 56.3 cm³/mol. The lowest BCUT2D eigenvalue weighted by molar-refractivity contribution is 0.414.